The SMILES string of the molecule is CCC(CSC)NCc1cc(Br)ccc1O. The lowest BCUT2D eigenvalue weighted by Gasteiger charge is -2.16. The van der Waals surface area contributed by atoms with E-state index in [2.05, 4.69) is 34.4 Å². The topological polar surface area (TPSA) is 32.3 Å². The highest BCUT2D eigenvalue weighted by molar-refractivity contribution is 9.10. The second-order valence-electron chi connectivity index (χ2n) is 3.71. The molecule has 1 unspecified atom stereocenters. The van der Waals surface area contributed by atoms with Gasteiger partial charge in [0.05, 0.1) is 0 Å². The van der Waals surface area contributed by atoms with E-state index in [9.17, 15) is 5.11 Å². The van der Waals surface area contributed by atoms with E-state index in [0.29, 0.717) is 18.3 Å². The number of hydrogen-bond acceptors (Lipinski definition) is 3. The Morgan fingerprint density at radius 1 is 1.50 bits per heavy atom. The van der Waals surface area contributed by atoms with Crippen molar-refractivity contribution in [1.29, 1.82) is 0 Å². The molecule has 90 valence electrons. The highest BCUT2D eigenvalue weighted by Gasteiger charge is 2.07. The second-order valence-corrected chi connectivity index (χ2v) is 5.54. The van der Waals surface area contributed by atoms with Crippen molar-refractivity contribution in [1.82, 2.24) is 5.32 Å². The number of halogens is 1. The number of nitrogens with one attached hydrogen (secondary N) is 1. The molecule has 0 saturated carbocycles. The Morgan fingerprint density at radius 3 is 2.88 bits per heavy atom. The van der Waals surface area contributed by atoms with Crippen molar-refractivity contribution in [3.05, 3.63) is 28.2 Å². The number of rotatable bonds is 6. The van der Waals surface area contributed by atoms with E-state index in [0.717, 1.165) is 22.2 Å². The minimum atomic E-state index is 0.356. The third-order valence-electron chi connectivity index (χ3n) is 2.48. The van der Waals surface area contributed by atoms with Gasteiger partial charge in [0.1, 0.15) is 5.75 Å². The van der Waals surface area contributed by atoms with E-state index in [1.807, 2.05) is 23.9 Å². The minimum absolute atomic E-state index is 0.356. The van der Waals surface area contributed by atoms with E-state index in [-0.39, 0.29) is 0 Å². The van der Waals surface area contributed by atoms with Crippen molar-refractivity contribution in [2.24, 2.45) is 0 Å². The van der Waals surface area contributed by atoms with Gasteiger partial charge in [-0.1, -0.05) is 22.9 Å². The molecule has 0 aromatic heterocycles. The van der Waals surface area contributed by atoms with Gasteiger partial charge in [0, 0.05) is 28.4 Å². The van der Waals surface area contributed by atoms with E-state index in [4.69, 9.17) is 0 Å². The summed E-state index contributed by atoms with van der Waals surface area (Å²) in [6.07, 6.45) is 3.22. The Bertz CT molecular complexity index is 333. The molecule has 0 aliphatic carbocycles. The largest absolute Gasteiger partial charge is 0.508 e. The summed E-state index contributed by atoms with van der Waals surface area (Å²) in [4.78, 5) is 0. The van der Waals surface area contributed by atoms with Gasteiger partial charge >= 0.3 is 0 Å². The van der Waals surface area contributed by atoms with Crippen LogP contribution in [0, 0.1) is 0 Å². The van der Waals surface area contributed by atoms with Crippen LogP contribution in [0.25, 0.3) is 0 Å². The van der Waals surface area contributed by atoms with Gasteiger partial charge in [-0.25, -0.2) is 0 Å². The smallest absolute Gasteiger partial charge is 0.120 e. The summed E-state index contributed by atoms with van der Waals surface area (Å²) in [5.41, 5.74) is 0.939. The monoisotopic (exact) mass is 303 g/mol. The molecule has 2 N–H and O–H groups in total. The minimum Gasteiger partial charge on any atom is -0.508 e. The molecule has 0 aliphatic heterocycles. The van der Waals surface area contributed by atoms with E-state index in [1.54, 1.807) is 6.07 Å². The Hall–Kier alpha value is -0.190. The predicted octanol–water partition coefficient (Wildman–Crippen LogP) is 3.39. The van der Waals surface area contributed by atoms with Gasteiger partial charge in [0.25, 0.3) is 0 Å². The first-order valence-electron chi connectivity index (χ1n) is 5.37. The van der Waals surface area contributed by atoms with Crippen LogP contribution in [-0.2, 0) is 6.54 Å². The summed E-state index contributed by atoms with van der Waals surface area (Å²) >= 11 is 5.25. The van der Waals surface area contributed by atoms with Crippen molar-refractivity contribution >= 4 is 27.7 Å². The molecule has 0 saturated heterocycles. The van der Waals surface area contributed by atoms with Gasteiger partial charge in [0.15, 0.2) is 0 Å². The first-order chi connectivity index (χ1) is 7.67. The lowest BCUT2D eigenvalue weighted by molar-refractivity contribution is 0.458. The molecule has 4 heteroatoms. The zero-order chi connectivity index (χ0) is 12.0. The lowest BCUT2D eigenvalue weighted by atomic mass is 10.2. The summed E-state index contributed by atoms with van der Waals surface area (Å²) in [5.74, 6) is 1.46. The van der Waals surface area contributed by atoms with Gasteiger partial charge in [-0.15, -0.1) is 0 Å². The molecule has 1 rings (SSSR count). The summed E-state index contributed by atoms with van der Waals surface area (Å²) < 4.78 is 1.00. The zero-order valence-corrected chi connectivity index (χ0v) is 12.1. The van der Waals surface area contributed by atoms with E-state index in [1.165, 1.54) is 0 Å². The molecule has 1 atom stereocenters. The Morgan fingerprint density at radius 2 is 2.25 bits per heavy atom. The maximum absolute atomic E-state index is 9.68. The molecule has 1 aromatic rings. The molecule has 0 bridgehead atoms. The number of benzene rings is 1. The maximum atomic E-state index is 9.68. The Labute approximate surface area is 110 Å². The molecule has 2 nitrogen and oxygen atoms in total. The fourth-order valence-electron chi connectivity index (χ4n) is 1.47. The zero-order valence-electron chi connectivity index (χ0n) is 9.66. The number of hydrogen-bond donors (Lipinski definition) is 2. The number of aromatic hydroxyl groups is 1. The van der Waals surface area contributed by atoms with E-state index < -0.39 is 0 Å². The number of phenols is 1. The van der Waals surface area contributed by atoms with Crippen molar-refractivity contribution in [2.75, 3.05) is 12.0 Å². The van der Waals surface area contributed by atoms with E-state index >= 15 is 0 Å². The molecule has 0 radical (unpaired) electrons. The molecule has 0 amide bonds. The lowest BCUT2D eigenvalue weighted by Crippen LogP contribution is -2.30. The number of phenolic OH excluding ortho intramolecular Hbond substituents is 1. The van der Waals surface area contributed by atoms with Crippen LogP contribution in [0.2, 0.25) is 0 Å². The third kappa shape index (κ3) is 4.36. The standard InChI is InChI=1S/C12H18BrNOS/c1-3-11(8-16-2)14-7-9-6-10(13)4-5-12(9)15/h4-6,11,14-15H,3,7-8H2,1-2H3. The summed E-state index contributed by atoms with van der Waals surface area (Å²) in [5, 5.41) is 13.1. The quantitative estimate of drug-likeness (QED) is 0.845. The maximum Gasteiger partial charge on any atom is 0.120 e. The average Bonchev–Trinajstić information content (AvgIpc) is 2.28. The van der Waals surface area contributed by atoms with Gasteiger partial charge < -0.3 is 10.4 Å². The van der Waals surface area contributed by atoms with Gasteiger partial charge in [-0.3, -0.25) is 0 Å². The molecule has 1 aromatic carbocycles. The van der Waals surface area contributed by atoms with Crippen LogP contribution >= 0.6 is 27.7 Å². The van der Waals surface area contributed by atoms with Crippen LogP contribution in [0.4, 0.5) is 0 Å². The van der Waals surface area contributed by atoms with Gasteiger partial charge in [-0.05, 0) is 30.9 Å². The van der Waals surface area contributed by atoms with Crippen molar-refractivity contribution < 1.29 is 5.11 Å². The van der Waals surface area contributed by atoms with Crippen molar-refractivity contribution in [3.63, 3.8) is 0 Å². The van der Waals surface area contributed by atoms with Crippen LogP contribution in [0.15, 0.2) is 22.7 Å². The van der Waals surface area contributed by atoms with Gasteiger partial charge in [-0.2, -0.15) is 11.8 Å². The van der Waals surface area contributed by atoms with Crippen LogP contribution in [0.5, 0.6) is 5.75 Å². The summed E-state index contributed by atoms with van der Waals surface area (Å²) in [6, 6.07) is 6.02. The third-order valence-corrected chi connectivity index (χ3v) is 3.71. The van der Waals surface area contributed by atoms with Gasteiger partial charge in [0.2, 0.25) is 0 Å². The average molecular weight is 304 g/mol. The van der Waals surface area contributed by atoms with Crippen molar-refractivity contribution in [3.8, 4) is 5.75 Å². The normalized spacial score (nSPS) is 12.7. The van der Waals surface area contributed by atoms with Crippen LogP contribution in [0.1, 0.15) is 18.9 Å². The molecular formula is C12H18BrNOS. The van der Waals surface area contributed by atoms with Crippen LogP contribution < -0.4 is 5.32 Å². The summed E-state index contributed by atoms with van der Waals surface area (Å²) in [6.45, 7) is 2.89. The second kappa shape index (κ2) is 7.20. The molecule has 0 spiro atoms. The van der Waals surface area contributed by atoms with Crippen LogP contribution in [-0.4, -0.2) is 23.2 Å². The molecule has 0 aliphatic rings. The number of thioether (sulfide) groups is 1. The fraction of sp³-hybridized carbons (Fsp3) is 0.500. The fourth-order valence-corrected chi connectivity index (χ4v) is 2.64. The highest BCUT2D eigenvalue weighted by atomic mass is 79.9. The highest BCUT2D eigenvalue weighted by Crippen LogP contribution is 2.21. The molecular weight excluding hydrogens is 286 g/mol. The molecule has 0 heterocycles. The van der Waals surface area contributed by atoms with Crippen molar-refractivity contribution in [2.45, 2.75) is 25.9 Å². The van der Waals surface area contributed by atoms with Crippen LogP contribution in [0.3, 0.4) is 0 Å². The Balaban J connectivity index is 2.55. The predicted molar refractivity (Wildman–Crippen MR) is 75.1 cm³/mol. The summed E-state index contributed by atoms with van der Waals surface area (Å²) in [7, 11) is 0. The first kappa shape index (κ1) is 13.9. The first-order valence-corrected chi connectivity index (χ1v) is 7.55. The Kier molecular flexibility index (Phi) is 6.24. The molecule has 0 fully saturated rings. The molecule has 16 heavy (non-hydrogen) atoms.